The van der Waals surface area contributed by atoms with Gasteiger partial charge in [-0.2, -0.15) is 0 Å². The lowest BCUT2D eigenvalue weighted by Crippen LogP contribution is -2.45. The first-order valence-electron chi connectivity index (χ1n) is 35.1. The molecule has 0 aliphatic rings. The number of ether oxygens (including phenoxy) is 1. The summed E-state index contributed by atoms with van der Waals surface area (Å²) in [5, 5.41) is 23.1. The van der Waals surface area contributed by atoms with E-state index in [2.05, 4.69) is 31.3 Å². The number of amides is 1. The monoisotopic (exact) mass is 1080 g/mol. The van der Waals surface area contributed by atoms with Crippen molar-refractivity contribution >= 4 is 11.9 Å². The van der Waals surface area contributed by atoms with Gasteiger partial charge in [0.1, 0.15) is 0 Å². The molecule has 77 heavy (non-hydrogen) atoms. The maximum absolute atomic E-state index is 12.5. The van der Waals surface area contributed by atoms with Crippen LogP contribution in [0.25, 0.3) is 0 Å². The molecule has 0 saturated heterocycles. The van der Waals surface area contributed by atoms with Crippen molar-refractivity contribution in [2.24, 2.45) is 0 Å². The Morgan fingerprint density at radius 1 is 0.351 bits per heavy atom. The first-order chi connectivity index (χ1) is 38.0. The Hall–Kier alpha value is -1.66. The average molecular weight is 1080 g/mol. The number of carbonyl (C=O) groups excluding carboxylic acids is 2. The number of aliphatic hydroxyl groups is 2. The van der Waals surface area contributed by atoms with Gasteiger partial charge in [0, 0.05) is 12.8 Å². The van der Waals surface area contributed by atoms with Gasteiger partial charge >= 0.3 is 5.97 Å². The summed E-state index contributed by atoms with van der Waals surface area (Å²) in [4.78, 5) is 24.5. The third kappa shape index (κ3) is 63.4. The topological polar surface area (TPSA) is 95.9 Å². The van der Waals surface area contributed by atoms with Gasteiger partial charge in [0.15, 0.2) is 0 Å². The van der Waals surface area contributed by atoms with E-state index in [4.69, 9.17) is 4.74 Å². The van der Waals surface area contributed by atoms with Gasteiger partial charge in [-0.15, -0.1) is 0 Å². The molecule has 2 atom stereocenters. The maximum atomic E-state index is 12.5. The number of rotatable bonds is 66. The van der Waals surface area contributed by atoms with Crippen molar-refractivity contribution in [3.8, 4) is 0 Å². The number of hydrogen-bond acceptors (Lipinski definition) is 5. The third-order valence-electron chi connectivity index (χ3n) is 16.5. The minimum absolute atomic E-state index is 0.0135. The molecule has 3 N–H and O–H groups in total. The number of unbranched alkanes of at least 4 members (excludes halogenated alkanes) is 53. The lowest BCUT2D eigenvalue weighted by Gasteiger charge is -2.20. The number of hydrogen-bond donors (Lipinski definition) is 3. The number of esters is 1. The Morgan fingerprint density at radius 3 is 0.935 bits per heavy atom. The van der Waals surface area contributed by atoms with E-state index in [0.29, 0.717) is 19.4 Å². The van der Waals surface area contributed by atoms with Gasteiger partial charge in [0.2, 0.25) is 5.91 Å². The highest BCUT2D eigenvalue weighted by Gasteiger charge is 2.18. The summed E-state index contributed by atoms with van der Waals surface area (Å²) in [6, 6.07) is -0.622. The fourth-order valence-electron chi connectivity index (χ4n) is 11.1. The number of carbonyl (C=O) groups is 2. The van der Waals surface area contributed by atoms with Crippen LogP contribution in [0.3, 0.4) is 0 Å². The average Bonchev–Trinajstić information content (AvgIpc) is 3.43. The Morgan fingerprint density at radius 2 is 0.610 bits per heavy atom. The van der Waals surface area contributed by atoms with E-state index >= 15 is 0 Å². The smallest absolute Gasteiger partial charge is 0.305 e. The van der Waals surface area contributed by atoms with Crippen LogP contribution in [0.15, 0.2) is 24.3 Å². The molecule has 0 saturated carbocycles. The van der Waals surface area contributed by atoms with Crippen LogP contribution in [0.2, 0.25) is 0 Å². The molecule has 2 unspecified atom stereocenters. The Bertz CT molecular complexity index is 1200. The predicted molar refractivity (Wildman–Crippen MR) is 338 cm³/mol. The first-order valence-corrected chi connectivity index (χ1v) is 35.1. The zero-order valence-corrected chi connectivity index (χ0v) is 52.2. The molecule has 6 nitrogen and oxygen atoms in total. The van der Waals surface area contributed by atoms with Gasteiger partial charge in [-0.1, -0.05) is 346 Å². The molecule has 0 fully saturated rings. The molecule has 0 bridgehead atoms. The van der Waals surface area contributed by atoms with E-state index in [1.807, 2.05) is 6.08 Å². The summed E-state index contributed by atoms with van der Waals surface area (Å²) in [7, 11) is 0. The van der Waals surface area contributed by atoms with Crippen molar-refractivity contribution in [1.82, 2.24) is 5.32 Å². The minimum Gasteiger partial charge on any atom is -0.466 e. The number of allylic oxidation sites excluding steroid dienone is 3. The van der Waals surface area contributed by atoms with Crippen LogP contribution in [-0.4, -0.2) is 47.4 Å². The molecular weight excluding hydrogens is 947 g/mol. The molecule has 0 aromatic rings. The van der Waals surface area contributed by atoms with Gasteiger partial charge in [-0.3, -0.25) is 9.59 Å². The van der Waals surface area contributed by atoms with Crippen LogP contribution in [0, 0.1) is 0 Å². The highest BCUT2D eigenvalue weighted by atomic mass is 16.5. The second-order valence-electron chi connectivity index (χ2n) is 24.2. The molecular formula is C71H137NO5. The lowest BCUT2D eigenvalue weighted by atomic mass is 10.0. The van der Waals surface area contributed by atoms with E-state index in [1.54, 1.807) is 6.08 Å². The van der Waals surface area contributed by atoms with Gasteiger partial charge < -0.3 is 20.3 Å². The fraction of sp³-hybridized carbons (Fsp3) is 0.915. The number of aliphatic hydroxyl groups excluding tert-OH is 2. The molecule has 0 heterocycles. The molecule has 0 rings (SSSR count). The zero-order valence-electron chi connectivity index (χ0n) is 52.2. The Kier molecular flexibility index (Phi) is 65.4. The Labute approximate surface area is 481 Å². The van der Waals surface area contributed by atoms with Crippen LogP contribution >= 0.6 is 0 Å². The highest BCUT2D eigenvalue weighted by molar-refractivity contribution is 5.76. The van der Waals surface area contributed by atoms with Gasteiger partial charge in [-0.25, -0.2) is 0 Å². The third-order valence-corrected chi connectivity index (χ3v) is 16.5. The SMILES string of the molecule is CCCCCC/C=C\CCCCCCCC(=O)OCCCCCCCCCCCCCCCCCCCCCCCCCCCCCCCCCCCCCC(=O)NC(CO)C(O)/C=C/CCCCCCCCCCCC. The summed E-state index contributed by atoms with van der Waals surface area (Å²) in [6.45, 7) is 4.91. The molecule has 0 aliphatic heterocycles. The summed E-state index contributed by atoms with van der Waals surface area (Å²) in [5.74, 6) is -0.0482. The van der Waals surface area contributed by atoms with E-state index in [1.165, 1.54) is 321 Å². The Balaban J connectivity index is 3.30. The lowest BCUT2D eigenvalue weighted by molar-refractivity contribution is -0.143. The second kappa shape index (κ2) is 66.8. The maximum Gasteiger partial charge on any atom is 0.305 e. The van der Waals surface area contributed by atoms with Crippen molar-refractivity contribution in [2.45, 2.75) is 405 Å². The molecule has 0 spiro atoms. The molecule has 1 amide bonds. The summed E-state index contributed by atoms with van der Waals surface area (Å²) in [5.41, 5.74) is 0. The van der Waals surface area contributed by atoms with Crippen molar-refractivity contribution in [3.63, 3.8) is 0 Å². The van der Waals surface area contributed by atoms with Crippen LogP contribution in [0.4, 0.5) is 0 Å². The summed E-state index contributed by atoms with van der Waals surface area (Å²) >= 11 is 0. The first kappa shape index (κ1) is 75.3. The summed E-state index contributed by atoms with van der Waals surface area (Å²) in [6.07, 6.45) is 84.2. The predicted octanol–water partition coefficient (Wildman–Crippen LogP) is 22.5. The van der Waals surface area contributed by atoms with Crippen molar-refractivity contribution in [3.05, 3.63) is 24.3 Å². The molecule has 0 aromatic heterocycles. The van der Waals surface area contributed by atoms with Crippen LogP contribution in [0.1, 0.15) is 393 Å². The van der Waals surface area contributed by atoms with Crippen molar-refractivity contribution in [2.75, 3.05) is 13.2 Å². The van der Waals surface area contributed by atoms with E-state index < -0.39 is 12.1 Å². The van der Waals surface area contributed by atoms with Crippen molar-refractivity contribution < 1.29 is 24.5 Å². The van der Waals surface area contributed by atoms with Crippen LogP contribution < -0.4 is 5.32 Å². The van der Waals surface area contributed by atoms with Crippen LogP contribution in [-0.2, 0) is 14.3 Å². The fourth-order valence-corrected chi connectivity index (χ4v) is 11.1. The summed E-state index contributed by atoms with van der Waals surface area (Å²) < 4.78 is 5.48. The molecule has 0 aromatic carbocycles. The van der Waals surface area contributed by atoms with Gasteiger partial charge in [0.05, 0.1) is 25.4 Å². The number of nitrogens with one attached hydrogen (secondary N) is 1. The van der Waals surface area contributed by atoms with E-state index in [9.17, 15) is 19.8 Å². The standard InChI is InChI=1S/C71H137NO5/c1-3-5-7-9-11-13-15-40-45-49-53-57-61-65-71(76)77-66-62-58-54-50-46-42-39-37-35-33-31-29-27-25-23-21-19-17-18-20-22-24-26-28-30-32-34-36-38-41-44-48-52-56-60-64-70(75)72-68(67-73)69(74)63-59-55-51-47-43-16-14-12-10-8-6-4-2/h13,15,59,63,68-69,73-74H,3-12,14,16-58,60-62,64-67H2,1-2H3,(H,72,75)/b15-13-,63-59+. The molecule has 456 valence electrons. The molecule has 0 radical (unpaired) electrons. The second-order valence-corrected chi connectivity index (χ2v) is 24.2. The quantitative estimate of drug-likeness (QED) is 0.0320. The van der Waals surface area contributed by atoms with Crippen molar-refractivity contribution in [1.29, 1.82) is 0 Å². The van der Waals surface area contributed by atoms with E-state index in [0.717, 1.165) is 44.9 Å². The van der Waals surface area contributed by atoms with Gasteiger partial charge in [0.25, 0.3) is 0 Å². The normalized spacial score (nSPS) is 12.6. The highest BCUT2D eigenvalue weighted by Crippen LogP contribution is 2.19. The molecule has 0 aliphatic carbocycles. The van der Waals surface area contributed by atoms with E-state index in [-0.39, 0.29) is 18.5 Å². The molecule has 6 heteroatoms. The van der Waals surface area contributed by atoms with Crippen LogP contribution in [0.5, 0.6) is 0 Å². The largest absolute Gasteiger partial charge is 0.466 e. The minimum atomic E-state index is -0.839. The van der Waals surface area contributed by atoms with Gasteiger partial charge in [-0.05, 0) is 57.8 Å². The zero-order chi connectivity index (χ0) is 55.7.